The minimum atomic E-state index is -1.05. The second-order valence-corrected chi connectivity index (χ2v) is 5.31. The van der Waals surface area contributed by atoms with Gasteiger partial charge in [-0.25, -0.2) is 9.78 Å². The van der Waals surface area contributed by atoms with Crippen molar-refractivity contribution in [2.24, 2.45) is 5.92 Å². The maximum atomic E-state index is 11.2. The maximum Gasteiger partial charge on any atom is 0.373 e. The van der Waals surface area contributed by atoms with Gasteiger partial charge in [0.15, 0.2) is 0 Å². The van der Waals surface area contributed by atoms with E-state index in [1.165, 1.54) is 0 Å². The first-order valence-corrected chi connectivity index (χ1v) is 6.84. The lowest BCUT2D eigenvalue weighted by atomic mass is 9.89. The Hall–Kier alpha value is -1.36. The Kier molecular flexibility index (Phi) is 3.94. The molecule has 0 radical (unpaired) electrons. The first kappa shape index (κ1) is 14.1. The third kappa shape index (κ3) is 2.52. The first-order valence-electron chi connectivity index (χ1n) is 6.84. The van der Waals surface area contributed by atoms with Crippen LogP contribution in [0.1, 0.15) is 62.2 Å². The normalized spacial score (nSPS) is 30.7. The Morgan fingerprint density at radius 3 is 2.47 bits per heavy atom. The van der Waals surface area contributed by atoms with Crippen molar-refractivity contribution in [1.29, 1.82) is 0 Å². The molecule has 0 bridgehead atoms. The third-order valence-electron chi connectivity index (χ3n) is 3.92. The molecule has 1 aromatic heterocycles. The molecule has 2 rings (SSSR count). The topological polar surface area (TPSA) is 72.6 Å². The van der Waals surface area contributed by atoms with Crippen molar-refractivity contribution in [3.63, 3.8) is 0 Å². The van der Waals surface area contributed by atoms with Gasteiger partial charge < -0.3 is 14.3 Å². The van der Waals surface area contributed by atoms with Gasteiger partial charge in [-0.15, -0.1) is 0 Å². The predicted molar refractivity (Wildman–Crippen MR) is 69.4 cm³/mol. The molecule has 4 atom stereocenters. The molecule has 1 N–H and O–H groups in total. The molecular weight excluding hydrogens is 246 g/mol. The first-order chi connectivity index (χ1) is 8.95. The maximum absolute atomic E-state index is 11.2. The third-order valence-corrected chi connectivity index (χ3v) is 3.92. The molecule has 4 unspecified atom stereocenters. The molecule has 1 aromatic rings. The molecule has 0 aromatic carbocycles. The zero-order valence-electron chi connectivity index (χ0n) is 11.8. The fourth-order valence-electron chi connectivity index (χ4n) is 2.78. The fraction of sp³-hybridized carbons (Fsp3) is 0.714. The van der Waals surface area contributed by atoms with Crippen molar-refractivity contribution >= 4 is 5.97 Å². The predicted octanol–water partition coefficient (Wildman–Crippen LogP) is 2.85. The average molecular weight is 267 g/mol. The summed E-state index contributed by atoms with van der Waals surface area (Å²) < 4.78 is 11.3. The molecular formula is C14H21NO4. The van der Waals surface area contributed by atoms with E-state index < -0.39 is 5.97 Å². The van der Waals surface area contributed by atoms with Gasteiger partial charge in [0.1, 0.15) is 0 Å². The highest BCUT2D eigenvalue weighted by molar-refractivity contribution is 5.85. The van der Waals surface area contributed by atoms with Gasteiger partial charge in [-0.05, 0) is 26.2 Å². The van der Waals surface area contributed by atoms with Crippen molar-refractivity contribution in [3.8, 4) is 0 Å². The van der Waals surface area contributed by atoms with E-state index >= 15 is 0 Å². The number of aryl methyl sites for hydroxylation is 1. The number of carboxylic acid groups (broad SMARTS) is 1. The van der Waals surface area contributed by atoms with Crippen LogP contribution >= 0.6 is 0 Å². The highest BCUT2D eigenvalue weighted by Crippen LogP contribution is 2.39. The van der Waals surface area contributed by atoms with Gasteiger partial charge in [0, 0.05) is 0 Å². The summed E-state index contributed by atoms with van der Waals surface area (Å²) in [6.45, 7) is 8.08. The summed E-state index contributed by atoms with van der Waals surface area (Å²) >= 11 is 0. The molecule has 1 aliphatic heterocycles. The van der Waals surface area contributed by atoms with Crippen LogP contribution < -0.4 is 0 Å². The molecule has 0 saturated carbocycles. The number of oxazole rings is 1. The monoisotopic (exact) mass is 267 g/mol. The number of ether oxygens (including phenoxy) is 1. The zero-order chi connectivity index (χ0) is 14.2. The van der Waals surface area contributed by atoms with Crippen LogP contribution in [0.25, 0.3) is 0 Å². The van der Waals surface area contributed by atoms with Gasteiger partial charge >= 0.3 is 5.97 Å². The average Bonchev–Trinajstić information content (AvgIpc) is 2.83. The molecule has 2 heterocycles. The lowest BCUT2D eigenvalue weighted by molar-refractivity contribution is 0.0539. The summed E-state index contributed by atoms with van der Waals surface area (Å²) in [5, 5.41) is 9.17. The molecule has 5 heteroatoms. The number of hydrogen-bond donors (Lipinski definition) is 1. The number of hydrogen-bond acceptors (Lipinski definition) is 4. The minimum absolute atomic E-state index is 0.000212. The Morgan fingerprint density at radius 2 is 2.00 bits per heavy atom. The quantitative estimate of drug-likeness (QED) is 0.908. The number of nitrogens with zero attached hydrogens (tertiary/aromatic N) is 1. The van der Waals surface area contributed by atoms with Crippen LogP contribution in [-0.4, -0.2) is 28.3 Å². The van der Waals surface area contributed by atoms with Crippen molar-refractivity contribution < 1.29 is 19.1 Å². The van der Waals surface area contributed by atoms with Gasteiger partial charge in [-0.2, -0.15) is 0 Å². The summed E-state index contributed by atoms with van der Waals surface area (Å²) in [4.78, 5) is 15.6. The molecule has 1 aliphatic rings. The second-order valence-electron chi connectivity index (χ2n) is 5.31. The van der Waals surface area contributed by atoms with Crippen molar-refractivity contribution in [3.05, 3.63) is 17.3 Å². The van der Waals surface area contributed by atoms with E-state index in [-0.39, 0.29) is 29.8 Å². The molecule has 5 nitrogen and oxygen atoms in total. The molecule has 1 fully saturated rings. The van der Waals surface area contributed by atoms with E-state index in [1.54, 1.807) is 0 Å². The van der Waals surface area contributed by atoms with Crippen LogP contribution in [0.15, 0.2) is 4.42 Å². The number of carboxylic acids is 1. The Balaban J connectivity index is 2.35. The molecule has 106 valence electrons. The van der Waals surface area contributed by atoms with Gasteiger partial charge in [0.05, 0.1) is 23.8 Å². The summed E-state index contributed by atoms with van der Waals surface area (Å²) in [5.74, 6) is -0.265. The van der Waals surface area contributed by atoms with Crippen molar-refractivity contribution in [2.45, 2.75) is 58.7 Å². The standard InChI is InChI=1S/C14H21NO4/c1-5-6-10-12(14(16)17)19-13(15-10)11-7(2)8(3)18-9(11)4/h7-9,11H,5-6H2,1-4H3,(H,16,17). The summed E-state index contributed by atoms with van der Waals surface area (Å²) in [7, 11) is 0. The Bertz CT molecular complexity index is 468. The van der Waals surface area contributed by atoms with Crippen LogP contribution in [0.3, 0.4) is 0 Å². The Labute approximate surface area is 113 Å². The van der Waals surface area contributed by atoms with Gasteiger partial charge in [-0.1, -0.05) is 20.3 Å². The zero-order valence-corrected chi connectivity index (χ0v) is 11.8. The van der Waals surface area contributed by atoms with Gasteiger partial charge in [0.2, 0.25) is 11.7 Å². The summed E-state index contributed by atoms with van der Waals surface area (Å²) in [5.41, 5.74) is 0.545. The van der Waals surface area contributed by atoms with Crippen molar-refractivity contribution in [2.75, 3.05) is 0 Å². The van der Waals surface area contributed by atoms with Crippen LogP contribution in [0.2, 0.25) is 0 Å². The lowest BCUT2D eigenvalue weighted by Crippen LogP contribution is -2.15. The molecule has 0 aliphatic carbocycles. The minimum Gasteiger partial charge on any atom is -0.475 e. The second kappa shape index (κ2) is 5.33. The SMILES string of the molecule is CCCc1nc(C2C(C)OC(C)C2C)oc1C(=O)O. The van der Waals surface area contributed by atoms with E-state index in [1.807, 2.05) is 20.8 Å². The summed E-state index contributed by atoms with van der Waals surface area (Å²) in [6, 6.07) is 0. The highest BCUT2D eigenvalue weighted by Gasteiger charge is 2.41. The van der Waals surface area contributed by atoms with E-state index in [9.17, 15) is 4.79 Å². The molecule has 19 heavy (non-hydrogen) atoms. The van der Waals surface area contributed by atoms with E-state index in [0.29, 0.717) is 18.0 Å². The van der Waals surface area contributed by atoms with Crippen LogP contribution in [-0.2, 0) is 11.2 Å². The largest absolute Gasteiger partial charge is 0.475 e. The van der Waals surface area contributed by atoms with Crippen molar-refractivity contribution in [1.82, 2.24) is 4.98 Å². The number of aromatic nitrogens is 1. The number of carbonyl (C=O) groups is 1. The fourth-order valence-corrected chi connectivity index (χ4v) is 2.78. The van der Waals surface area contributed by atoms with Crippen LogP contribution in [0.4, 0.5) is 0 Å². The highest BCUT2D eigenvalue weighted by atomic mass is 16.5. The van der Waals surface area contributed by atoms with E-state index in [2.05, 4.69) is 11.9 Å². The smallest absolute Gasteiger partial charge is 0.373 e. The summed E-state index contributed by atoms with van der Waals surface area (Å²) in [6.07, 6.45) is 1.60. The molecule has 0 amide bonds. The van der Waals surface area contributed by atoms with Gasteiger partial charge in [-0.3, -0.25) is 0 Å². The Morgan fingerprint density at radius 1 is 1.32 bits per heavy atom. The number of aromatic carboxylic acids is 1. The van der Waals surface area contributed by atoms with Crippen LogP contribution in [0, 0.1) is 5.92 Å². The lowest BCUT2D eigenvalue weighted by Gasteiger charge is -2.13. The molecule has 0 spiro atoms. The van der Waals surface area contributed by atoms with E-state index in [4.69, 9.17) is 14.3 Å². The number of rotatable bonds is 4. The van der Waals surface area contributed by atoms with Gasteiger partial charge in [0.25, 0.3) is 0 Å². The molecule has 1 saturated heterocycles. The van der Waals surface area contributed by atoms with Crippen LogP contribution in [0.5, 0.6) is 0 Å². The van der Waals surface area contributed by atoms with E-state index in [0.717, 1.165) is 6.42 Å².